The molecule has 0 bridgehead atoms. The number of aromatic carboxylic acids is 1. The molecule has 1 saturated heterocycles. The number of nitrogens with zero attached hydrogens (tertiary/aromatic N) is 1. The minimum Gasteiger partial charge on any atom is -0.545 e. The average molecular weight is 454 g/mol. The van der Waals surface area contributed by atoms with E-state index in [1.807, 2.05) is 36.4 Å². The number of nitrogens with one attached hydrogen (secondary N) is 1. The van der Waals surface area contributed by atoms with Crippen molar-refractivity contribution in [2.24, 2.45) is 0 Å². The zero-order valence-corrected chi connectivity index (χ0v) is 18.3. The molecule has 160 valence electrons. The molecular formula is C23H21N2O4S2-. The second-order valence-corrected chi connectivity index (χ2v) is 8.65. The number of thiocarbonyl (C=S) groups is 1. The molecule has 0 saturated carbocycles. The second-order valence-electron chi connectivity index (χ2n) is 6.97. The third-order valence-electron chi connectivity index (χ3n) is 4.64. The topological polar surface area (TPSA) is 89.5 Å². The number of carboxylic acids is 1. The van der Waals surface area contributed by atoms with E-state index in [2.05, 4.69) is 5.32 Å². The van der Waals surface area contributed by atoms with E-state index in [1.165, 1.54) is 23.9 Å². The van der Waals surface area contributed by atoms with Crippen LogP contribution in [0.3, 0.4) is 0 Å². The Bertz CT molecular complexity index is 1020. The Morgan fingerprint density at radius 2 is 1.84 bits per heavy atom. The molecule has 2 aromatic carbocycles. The van der Waals surface area contributed by atoms with Crippen LogP contribution in [0.2, 0.25) is 0 Å². The monoisotopic (exact) mass is 453 g/mol. The number of carbonyl (C=O) groups is 3. The number of carbonyl (C=O) groups excluding carboxylic acids is 3. The van der Waals surface area contributed by atoms with Crippen molar-refractivity contribution in [1.29, 1.82) is 0 Å². The molecule has 6 nitrogen and oxygen atoms in total. The number of rotatable bonds is 9. The fourth-order valence-electron chi connectivity index (χ4n) is 3.07. The van der Waals surface area contributed by atoms with Gasteiger partial charge in [0.1, 0.15) is 4.32 Å². The smallest absolute Gasteiger partial charge is 0.266 e. The average Bonchev–Trinajstić information content (AvgIpc) is 3.01. The fourth-order valence-corrected chi connectivity index (χ4v) is 4.38. The van der Waals surface area contributed by atoms with Gasteiger partial charge in [0.15, 0.2) is 0 Å². The molecule has 0 aliphatic carbocycles. The van der Waals surface area contributed by atoms with Crippen molar-refractivity contribution in [1.82, 2.24) is 4.90 Å². The molecule has 0 unspecified atom stereocenters. The molecule has 31 heavy (non-hydrogen) atoms. The summed E-state index contributed by atoms with van der Waals surface area (Å²) in [5, 5.41) is 13.6. The molecule has 0 radical (unpaired) electrons. The van der Waals surface area contributed by atoms with E-state index in [1.54, 1.807) is 17.0 Å². The molecule has 8 heteroatoms. The van der Waals surface area contributed by atoms with Crippen molar-refractivity contribution >= 4 is 57.8 Å². The first-order chi connectivity index (χ1) is 14.9. The van der Waals surface area contributed by atoms with E-state index < -0.39 is 5.97 Å². The van der Waals surface area contributed by atoms with Crippen LogP contribution in [-0.2, 0) is 9.59 Å². The van der Waals surface area contributed by atoms with E-state index >= 15 is 0 Å². The first kappa shape index (κ1) is 22.7. The summed E-state index contributed by atoms with van der Waals surface area (Å²) in [4.78, 5) is 37.8. The Kier molecular flexibility index (Phi) is 7.97. The third-order valence-corrected chi connectivity index (χ3v) is 6.02. The van der Waals surface area contributed by atoms with Crippen molar-refractivity contribution in [2.75, 3.05) is 11.9 Å². The summed E-state index contributed by atoms with van der Waals surface area (Å²) in [6.45, 7) is 0.520. The molecule has 1 aliphatic heterocycles. The normalized spacial score (nSPS) is 14.8. The maximum atomic E-state index is 12.6. The van der Waals surface area contributed by atoms with Crippen molar-refractivity contribution in [3.63, 3.8) is 0 Å². The van der Waals surface area contributed by atoms with E-state index in [0.717, 1.165) is 18.4 Å². The highest BCUT2D eigenvalue weighted by molar-refractivity contribution is 8.26. The lowest BCUT2D eigenvalue weighted by Gasteiger charge is -2.14. The maximum Gasteiger partial charge on any atom is 0.266 e. The third kappa shape index (κ3) is 6.50. The molecular weight excluding hydrogens is 432 g/mol. The van der Waals surface area contributed by atoms with Gasteiger partial charge in [0.2, 0.25) is 5.91 Å². The van der Waals surface area contributed by atoms with E-state index in [9.17, 15) is 19.5 Å². The largest absolute Gasteiger partial charge is 0.545 e. The zero-order chi connectivity index (χ0) is 22.2. The summed E-state index contributed by atoms with van der Waals surface area (Å²) in [6.07, 6.45) is 4.31. The van der Waals surface area contributed by atoms with Gasteiger partial charge in [-0.05, 0) is 42.2 Å². The zero-order valence-electron chi connectivity index (χ0n) is 16.7. The summed E-state index contributed by atoms with van der Waals surface area (Å²) in [6, 6.07) is 15.6. The van der Waals surface area contributed by atoms with Gasteiger partial charge in [-0.1, -0.05) is 72.9 Å². The highest BCUT2D eigenvalue weighted by Gasteiger charge is 2.31. The van der Waals surface area contributed by atoms with Gasteiger partial charge < -0.3 is 15.2 Å². The lowest BCUT2D eigenvalue weighted by molar-refractivity contribution is -0.255. The van der Waals surface area contributed by atoms with Crippen LogP contribution in [-0.4, -0.2) is 33.5 Å². The molecule has 2 amide bonds. The maximum absolute atomic E-state index is 12.6. The number of thioether (sulfide) groups is 1. The van der Waals surface area contributed by atoms with Crippen molar-refractivity contribution in [2.45, 2.75) is 25.7 Å². The van der Waals surface area contributed by atoms with Crippen LogP contribution in [0.5, 0.6) is 0 Å². The van der Waals surface area contributed by atoms with Gasteiger partial charge in [-0.3, -0.25) is 14.5 Å². The molecule has 0 atom stereocenters. The minimum atomic E-state index is -1.29. The van der Waals surface area contributed by atoms with E-state index in [4.69, 9.17) is 12.2 Å². The highest BCUT2D eigenvalue weighted by atomic mass is 32.2. The number of benzene rings is 2. The first-order valence-corrected chi connectivity index (χ1v) is 11.1. The lowest BCUT2D eigenvalue weighted by Crippen LogP contribution is -2.29. The van der Waals surface area contributed by atoms with Crippen molar-refractivity contribution < 1.29 is 19.5 Å². The van der Waals surface area contributed by atoms with E-state index in [0.29, 0.717) is 34.3 Å². The van der Waals surface area contributed by atoms with Crippen LogP contribution in [0, 0.1) is 0 Å². The summed E-state index contributed by atoms with van der Waals surface area (Å²) < 4.78 is 0.553. The molecule has 2 aromatic rings. The van der Waals surface area contributed by atoms with Crippen molar-refractivity contribution in [3.8, 4) is 0 Å². The molecule has 1 fully saturated rings. The molecule has 1 N–H and O–H groups in total. The Labute approximate surface area is 190 Å². The van der Waals surface area contributed by atoms with Crippen LogP contribution < -0.4 is 10.4 Å². The number of anilines is 1. The molecule has 3 rings (SSSR count). The summed E-state index contributed by atoms with van der Waals surface area (Å²) in [5.41, 5.74) is 1.40. The summed E-state index contributed by atoms with van der Waals surface area (Å²) >= 11 is 6.66. The van der Waals surface area contributed by atoms with Crippen LogP contribution >= 0.6 is 24.0 Å². The minimum absolute atomic E-state index is 0.0163. The Morgan fingerprint density at radius 1 is 1.06 bits per heavy atom. The van der Waals surface area contributed by atoms with Gasteiger partial charge in [-0.2, -0.15) is 0 Å². The van der Waals surface area contributed by atoms with Gasteiger partial charge in [-0.25, -0.2) is 0 Å². The second kappa shape index (κ2) is 10.9. The predicted molar refractivity (Wildman–Crippen MR) is 124 cm³/mol. The Hall–Kier alpha value is -2.97. The number of carboxylic acid groups (broad SMARTS) is 1. The number of hydrogen-bond donors (Lipinski definition) is 1. The molecule has 0 aromatic heterocycles. The first-order valence-electron chi connectivity index (χ1n) is 9.86. The Morgan fingerprint density at radius 3 is 2.58 bits per heavy atom. The number of amides is 2. The van der Waals surface area contributed by atoms with Gasteiger partial charge >= 0.3 is 0 Å². The fraction of sp³-hybridized carbons (Fsp3) is 0.217. The van der Waals surface area contributed by atoms with Gasteiger partial charge in [0.25, 0.3) is 5.91 Å². The van der Waals surface area contributed by atoms with Gasteiger partial charge in [0, 0.05) is 18.7 Å². The highest BCUT2D eigenvalue weighted by Crippen LogP contribution is 2.32. The van der Waals surface area contributed by atoms with Gasteiger partial charge in [-0.15, -0.1) is 0 Å². The van der Waals surface area contributed by atoms with Crippen LogP contribution in [0.15, 0.2) is 59.5 Å². The van der Waals surface area contributed by atoms with Crippen LogP contribution in [0.1, 0.15) is 41.6 Å². The lowest BCUT2D eigenvalue weighted by atomic mass is 10.1. The quantitative estimate of drug-likeness (QED) is 0.355. The molecule has 0 spiro atoms. The van der Waals surface area contributed by atoms with Crippen LogP contribution in [0.4, 0.5) is 5.69 Å². The number of hydrogen-bond acceptors (Lipinski definition) is 6. The van der Waals surface area contributed by atoms with Crippen LogP contribution in [0.25, 0.3) is 6.08 Å². The molecule has 1 heterocycles. The summed E-state index contributed by atoms with van der Waals surface area (Å²) in [5.74, 6) is -1.55. The van der Waals surface area contributed by atoms with E-state index in [-0.39, 0.29) is 17.4 Å². The Balaban J connectivity index is 1.40. The van der Waals surface area contributed by atoms with Crippen molar-refractivity contribution in [3.05, 3.63) is 70.6 Å². The summed E-state index contributed by atoms with van der Waals surface area (Å²) in [7, 11) is 0. The standard InChI is InChI=1S/C23H22N2O4S2/c26-20(24-18-11-7-10-17(15-18)22(28)29)12-5-2-6-13-25-21(27)19(31-23(25)30)14-16-8-3-1-4-9-16/h1,3-4,7-11,14-15H,2,5-6,12-13H2,(H,24,26)(H,28,29)/p-1/b19-14+. The number of unbranched alkanes of at least 4 members (excludes halogenated alkanes) is 2. The predicted octanol–water partition coefficient (Wildman–Crippen LogP) is 3.45. The van der Waals surface area contributed by atoms with Gasteiger partial charge in [0.05, 0.1) is 10.9 Å². The molecule has 1 aliphatic rings. The SMILES string of the molecule is O=C(CCCCCN1C(=O)/C(=C\c2ccccc2)SC1=S)Nc1cccc(C(=O)[O-])c1.